The van der Waals surface area contributed by atoms with Gasteiger partial charge in [0, 0.05) is 37.9 Å². The molecule has 0 spiro atoms. The lowest BCUT2D eigenvalue weighted by molar-refractivity contribution is 0.140. The van der Waals surface area contributed by atoms with Gasteiger partial charge in [-0.3, -0.25) is 4.68 Å². The Balaban J connectivity index is 2.53. The first-order valence-corrected chi connectivity index (χ1v) is 8.05. The molecule has 1 aromatic rings. The molecular weight excluding hydrogens is 250 g/mol. The highest BCUT2D eigenvalue weighted by Gasteiger charge is 2.12. The van der Waals surface area contributed by atoms with Gasteiger partial charge in [-0.1, -0.05) is 6.92 Å². The van der Waals surface area contributed by atoms with Crippen LogP contribution in [0.25, 0.3) is 0 Å². The van der Waals surface area contributed by atoms with E-state index in [1.54, 1.807) is 0 Å². The summed E-state index contributed by atoms with van der Waals surface area (Å²) in [4.78, 5) is 0. The molecule has 0 amide bonds. The first-order chi connectivity index (χ1) is 9.71. The van der Waals surface area contributed by atoms with Crippen molar-refractivity contribution in [2.75, 3.05) is 19.8 Å². The molecular formula is C16H31N3O. The molecule has 0 saturated carbocycles. The molecule has 20 heavy (non-hydrogen) atoms. The van der Waals surface area contributed by atoms with E-state index < -0.39 is 0 Å². The first-order valence-electron chi connectivity index (χ1n) is 8.05. The molecule has 1 aromatic heterocycles. The number of ether oxygens (including phenoxy) is 1. The van der Waals surface area contributed by atoms with E-state index in [1.807, 2.05) is 0 Å². The average molecular weight is 281 g/mol. The second-order valence-corrected chi connectivity index (χ2v) is 5.29. The van der Waals surface area contributed by atoms with Crippen LogP contribution in [-0.4, -0.2) is 35.6 Å². The first kappa shape index (κ1) is 17.2. The normalized spacial score (nSPS) is 12.8. The SMILES string of the molecule is CCCNC(CCCOCC)Cc1cc(C)nn1CC. The maximum Gasteiger partial charge on any atom is 0.0596 e. The minimum Gasteiger partial charge on any atom is -0.382 e. The molecule has 1 atom stereocenters. The van der Waals surface area contributed by atoms with E-state index in [0.29, 0.717) is 6.04 Å². The smallest absolute Gasteiger partial charge is 0.0596 e. The van der Waals surface area contributed by atoms with Crippen LogP contribution in [0, 0.1) is 6.92 Å². The van der Waals surface area contributed by atoms with Crippen molar-refractivity contribution in [1.29, 1.82) is 0 Å². The molecule has 4 nitrogen and oxygen atoms in total. The maximum atomic E-state index is 5.44. The lowest BCUT2D eigenvalue weighted by atomic mass is 10.1. The Bertz CT molecular complexity index is 363. The number of nitrogens with one attached hydrogen (secondary N) is 1. The summed E-state index contributed by atoms with van der Waals surface area (Å²) in [6, 6.07) is 2.74. The van der Waals surface area contributed by atoms with Crippen LogP contribution in [0.3, 0.4) is 0 Å². The summed E-state index contributed by atoms with van der Waals surface area (Å²) in [5, 5.41) is 8.20. The van der Waals surface area contributed by atoms with Crippen LogP contribution in [0.4, 0.5) is 0 Å². The van der Waals surface area contributed by atoms with E-state index in [-0.39, 0.29) is 0 Å². The minimum atomic E-state index is 0.525. The largest absolute Gasteiger partial charge is 0.382 e. The Morgan fingerprint density at radius 2 is 2.15 bits per heavy atom. The minimum absolute atomic E-state index is 0.525. The quantitative estimate of drug-likeness (QED) is 0.634. The standard InChI is InChI=1S/C16H31N3O/c1-5-10-17-15(9-8-11-20-7-3)13-16-12-14(4)18-19(16)6-2/h12,15,17H,5-11,13H2,1-4H3. The zero-order chi connectivity index (χ0) is 14.8. The van der Waals surface area contributed by atoms with Gasteiger partial charge in [0.2, 0.25) is 0 Å². The van der Waals surface area contributed by atoms with E-state index in [9.17, 15) is 0 Å². The number of rotatable bonds is 11. The number of aromatic nitrogens is 2. The molecule has 1 rings (SSSR count). The van der Waals surface area contributed by atoms with Gasteiger partial charge in [0.05, 0.1) is 5.69 Å². The van der Waals surface area contributed by atoms with Crippen molar-refractivity contribution in [2.45, 2.75) is 66.0 Å². The number of nitrogens with zero attached hydrogens (tertiary/aromatic N) is 2. The molecule has 0 aliphatic carbocycles. The highest BCUT2D eigenvalue weighted by molar-refractivity contribution is 5.10. The van der Waals surface area contributed by atoms with Gasteiger partial charge in [-0.2, -0.15) is 5.10 Å². The summed E-state index contributed by atoms with van der Waals surface area (Å²) < 4.78 is 7.57. The van der Waals surface area contributed by atoms with Crippen molar-refractivity contribution in [3.63, 3.8) is 0 Å². The van der Waals surface area contributed by atoms with E-state index in [0.717, 1.165) is 51.3 Å². The maximum absolute atomic E-state index is 5.44. The third-order valence-electron chi connectivity index (χ3n) is 3.47. The van der Waals surface area contributed by atoms with Crippen LogP contribution in [0.15, 0.2) is 6.07 Å². The van der Waals surface area contributed by atoms with Gasteiger partial charge < -0.3 is 10.1 Å². The Labute approximate surface area is 123 Å². The van der Waals surface area contributed by atoms with Crippen LogP contribution in [0.5, 0.6) is 0 Å². The van der Waals surface area contributed by atoms with Crippen molar-refractivity contribution in [3.05, 3.63) is 17.5 Å². The van der Waals surface area contributed by atoms with E-state index in [4.69, 9.17) is 4.74 Å². The molecule has 0 saturated heterocycles. The van der Waals surface area contributed by atoms with Gasteiger partial charge >= 0.3 is 0 Å². The lowest BCUT2D eigenvalue weighted by Crippen LogP contribution is -2.32. The summed E-state index contributed by atoms with van der Waals surface area (Å²) in [6.07, 6.45) is 4.51. The predicted octanol–water partition coefficient (Wildman–Crippen LogP) is 2.94. The zero-order valence-corrected chi connectivity index (χ0v) is 13.6. The van der Waals surface area contributed by atoms with Crippen molar-refractivity contribution in [3.8, 4) is 0 Å². The number of hydrogen-bond donors (Lipinski definition) is 1. The highest BCUT2D eigenvalue weighted by atomic mass is 16.5. The Kier molecular flexibility index (Phi) is 8.54. The van der Waals surface area contributed by atoms with Gasteiger partial charge in [-0.25, -0.2) is 0 Å². The zero-order valence-electron chi connectivity index (χ0n) is 13.6. The fraction of sp³-hybridized carbons (Fsp3) is 0.812. The van der Waals surface area contributed by atoms with Gasteiger partial charge in [0.15, 0.2) is 0 Å². The third kappa shape index (κ3) is 6.06. The summed E-state index contributed by atoms with van der Waals surface area (Å²) in [5.41, 5.74) is 2.46. The molecule has 0 aliphatic rings. The summed E-state index contributed by atoms with van der Waals surface area (Å²) in [7, 11) is 0. The van der Waals surface area contributed by atoms with Crippen LogP contribution < -0.4 is 5.32 Å². The van der Waals surface area contributed by atoms with Gasteiger partial charge in [0.25, 0.3) is 0 Å². The lowest BCUT2D eigenvalue weighted by Gasteiger charge is -2.19. The topological polar surface area (TPSA) is 39.1 Å². The number of aryl methyl sites for hydroxylation is 2. The fourth-order valence-corrected chi connectivity index (χ4v) is 2.49. The van der Waals surface area contributed by atoms with E-state index in [1.165, 1.54) is 12.1 Å². The molecule has 116 valence electrons. The number of hydrogen-bond acceptors (Lipinski definition) is 3. The van der Waals surface area contributed by atoms with Gasteiger partial charge in [-0.15, -0.1) is 0 Å². The average Bonchev–Trinajstić information content (AvgIpc) is 2.80. The summed E-state index contributed by atoms with van der Waals surface area (Å²) in [6.45, 7) is 12.2. The fourth-order valence-electron chi connectivity index (χ4n) is 2.49. The molecule has 0 aliphatic heterocycles. The van der Waals surface area contributed by atoms with Gasteiger partial charge in [-0.05, 0) is 52.6 Å². The van der Waals surface area contributed by atoms with Crippen LogP contribution >= 0.6 is 0 Å². The van der Waals surface area contributed by atoms with Crippen molar-refractivity contribution < 1.29 is 4.74 Å². The molecule has 0 radical (unpaired) electrons. The molecule has 0 bridgehead atoms. The molecule has 1 heterocycles. The van der Waals surface area contributed by atoms with Crippen molar-refractivity contribution in [1.82, 2.24) is 15.1 Å². The summed E-state index contributed by atoms with van der Waals surface area (Å²) in [5.74, 6) is 0. The van der Waals surface area contributed by atoms with Crippen molar-refractivity contribution in [2.24, 2.45) is 0 Å². The molecule has 1 unspecified atom stereocenters. The van der Waals surface area contributed by atoms with Crippen LogP contribution in [-0.2, 0) is 17.7 Å². The Hall–Kier alpha value is -0.870. The second-order valence-electron chi connectivity index (χ2n) is 5.29. The monoisotopic (exact) mass is 281 g/mol. The molecule has 0 aromatic carbocycles. The Morgan fingerprint density at radius 3 is 2.80 bits per heavy atom. The molecule has 0 fully saturated rings. The second kappa shape index (κ2) is 9.94. The van der Waals surface area contributed by atoms with Crippen LogP contribution in [0.1, 0.15) is 51.4 Å². The third-order valence-corrected chi connectivity index (χ3v) is 3.47. The van der Waals surface area contributed by atoms with Crippen LogP contribution in [0.2, 0.25) is 0 Å². The Morgan fingerprint density at radius 1 is 1.35 bits per heavy atom. The molecule has 4 heteroatoms. The van der Waals surface area contributed by atoms with E-state index in [2.05, 4.69) is 48.9 Å². The highest BCUT2D eigenvalue weighted by Crippen LogP contribution is 2.10. The predicted molar refractivity (Wildman–Crippen MR) is 84.2 cm³/mol. The summed E-state index contributed by atoms with van der Waals surface area (Å²) >= 11 is 0. The molecule has 1 N–H and O–H groups in total. The van der Waals surface area contributed by atoms with E-state index >= 15 is 0 Å². The van der Waals surface area contributed by atoms with Crippen molar-refractivity contribution >= 4 is 0 Å². The van der Waals surface area contributed by atoms with Gasteiger partial charge in [0.1, 0.15) is 0 Å².